The molecular formula is C44H87N7O6. The van der Waals surface area contributed by atoms with E-state index in [2.05, 4.69) is 73.8 Å². The number of carbonyl (C=O) groups excluding carboxylic acids is 6. The minimum Gasteiger partial charge on any atom is -0.346 e. The van der Waals surface area contributed by atoms with Gasteiger partial charge >= 0.3 is 0 Å². The first kappa shape index (κ1) is 65.0. The molecule has 5 N–H and O–H groups in total. The molecule has 0 spiro atoms. The van der Waals surface area contributed by atoms with Crippen molar-refractivity contribution in [3.8, 4) is 0 Å². The third kappa shape index (κ3) is 44.7. The van der Waals surface area contributed by atoms with Gasteiger partial charge in [-0.3, -0.25) is 29.0 Å². The number of amides is 3. The molecular weight excluding hydrogens is 723 g/mol. The number of ketones is 1. The molecule has 3 unspecified atom stereocenters. The lowest BCUT2D eigenvalue weighted by atomic mass is 9.92. The monoisotopic (exact) mass is 810 g/mol. The summed E-state index contributed by atoms with van der Waals surface area (Å²) in [5.41, 5.74) is 0. The van der Waals surface area contributed by atoms with Crippen LogP contribution in [0.3, 0.4) is 0 Å². The van der Waals surface area contributed by atoms with E-state index in [9.17, 15) is 28.8 Å². The number of hydrogen-bond donors (Lipinski definition) is 5. The number of Topliss-reactive ketones (excluding diaryl/α,β-unsaturated/α-hetero) is 1. The van der Waals surface area contributed by atoms with E-state index in [1.165, 1.54) is 30.2 Å². The minimum atomic E-state index is -0.765. The number of nitrogens with one attached hydrogen (secondary N) is 5. The summed E-state index contributed by atoms with van der Waals surface area (Å²) in [5, 5.41) is 16.8. The second-order valence-electron chi connectivity index (χ2n) is 13.0. The lowest BCUT2D eigenvalue weighted by molar-refractivity contribution is -0.136. The number of nitrogens with zero attached hydrogens (tertiary/aromatic N) is 2. The smallest absolute Gasteiger partial charge is 0.243 e. The standard InChI is InChI=1S/C14H22N2O2.C13H20N2O4.C5H11N.C4H10.C3H9N.2C2H6.CH3N/c1-2-15-10-9-14(18)16-13(11-17)12-7-5-3-4-6-8-12;1-2-3-5-10(12(18)8-16)14-13(19)11-6-4-7-15(11)9-17;1-3-4-5-6-2;1-4(2)3;1-3-4-2;3*1-2/h2,10-13H,1,3-9H2,(H,16,18);8-11H,2-7H2,1H3,(H,14,19);3,6H,1,4-5H2,2H3;4H,1-3H3;4H,3H2,1-2H3;2*1-2H3;2H,1H2. The van der Waals surface area contributed by atoms with Crippen molar-refractivity contribution in [2.45, 2.75) is 164 Å². The normalized spacial score (nSPS) is 14.9. The van der Waals surface area contributed by atoms with E-state index in [1.807, 2.05) is 54.8 Å². The van der Waals surface area contributed by atoms with E-state index in [4.69, 9.17) is 5.41 Å². The zero-order valence-corrected chi connectivity index (χ0v) is 38.1. The van der Waals surface area contributed by atoms with Crippen LogP contribution >= 0.6 is 0 Å². The predicted octanol–water partition coefficient (Wildman–Crippen LogP) is 7.28. The maximum Gasteiger partial charge on any atom is 0.243 e. The van der Waals surface area contributed by atoms with Crippen molar-refractivity contribution in [3.05, 3.63) is 25.4 Å². The fourth-order valence-corrected chi connectivity index (χ4v) is 4.88. The van der Waals surface area contributed by atoms with Crippen LogP contribution in [0.5, 0.6) is 0 Å². The van der Waals surface area contributed by atoms with Gasteiger partial charge in [0.1, 0.15) is 12.3 Å². The van der Waals surface area contributed by atoms with Crippen molar-refractivity contribution in [1.29, 1.82) is 5.41 Å². The summed E-state index contributed by atoms with van der Waals surface area (Å²) in [6, 6.07) is -1.62. The first-order valence-electron chi connectivity index (χ1n) is 21.1. The van der Waals surface area contributed by atoms with Crippen LogP contribution in [0.4, 0.5) is 0 Å². The Kier molecular flexibility index (Phi) is 61.9. The topological polar surface area (TPSA) is 190 Å². The Hall–Kier alpha value is -3.84. The van der Waals surface area contributed by atoms with Crippen LogP contribution in [-0.4, -0.2) is 106 Å². The van der Waals surface area contributed by atoms with Crippen molar-refractivity contribution in [1.82, 2.24) is 26.2 Å². The molecule has 0 aromatic carbocycles. The van der Waals surface area contributed by atoms with Crippen molar-refractivity contribution in [3.63, 3.8) is 0 Å². The number of aliphatic imine (C=N–C) groups is 1. The molecule has 334 valence electrons. The van der Waals surface area contributed by atoms with E-state index < -0.39 is 17.9 Å². The molecule has 1 heterocycles. The first-order valence-corrected chi connectivity index (χ1v) is 21.1. The van der Waals surface area contributed by atoms with E-state index in [1.54, 1.807) is 0 Å². The third-order valence-corrected chi connectivity index (χ3v) is 7.68. The Labute approximate surface area is 349 Å². The SMILES string of the molecule is C=CCCNC.C=CN=CCC(=O)NC(C=O)C1CCCCCC1.C=N.CC.CC.CC(C)C.CCCCC(NC(=O)C1CCCN1C=O)C(=O)C=O.CCNC. The Morgan fingerprint density at radius 1 is 0.860 bits per heavy atom. The summed E-state index contributed by atoms with van der Waals surface area (Å²) in [6.45, 7) is 30.7. The molecule has 1 saturated heterocycles. The van der Waals surface area contributed by atoms with E-state index >= 15 is 0 Å². The number of aldehydes is 2. The average Bonchev–Trinajstić information content (AvgIpc) is 3.57. The second kappa shape index (κ2) is 54.3. The fraction of sp³-hybridized carbons (Fsp3) is 0.727. The summed E-state index contributed by atoms with van der Waals surface area (Å²) < 4.78 is 0. The summed E-state index contributed by atoms with van der Waals surface area (Å²) in [5.74, 6) is 0.0191. The average molecular weight is 810 g/mol. The molecule has 2 rings (SSSR count). The molecule has 0 aromatic heterocycles. The molecule has 57 heavy (non-hydrogen) atoms. The van der Waals surface area contributed by atoms with Gasteiger partial charge in [-0.1, -0.05) is 113 Å². The maximum absolute atomic E-state index is 12.0. The van der Waals surface area contributed by atoms with Gasteiger partial charge in [-0.2, -0.15) is 0 Å². The quantitative estimate of drug-likeness (QED) is 0.0238. The van der Waals surface area contributed by atoms with Gasteiger partial charge in [0.25, 0.3) is 0 Å². The van der Waals surface area contributed by atoms with Gasteiger partial charge in [-0.15, -0.1) is 6.58 Å². The molecule has 0 bridgehead atoms. The van der Waals surface area contributed by atoms with Crippen LogP contribution in [0, 0.1) is 17.2 Å². The van der Waals surface area contributed by atoms with Gasteiger partial charge < -0.3 is 36.4 Å². The molecule has 13 nitrogen and oxygen atoms in total. The number of rotatable bonds is 18. The molecule has 1 saturated carbocycles. The number of likely N-dealkylation sites (tertiary alicyclic amines) is 1. The van der Waals surface area contributed by atoms with Crippen molar-refractivity contribution in [2.24, 2.45) is 16.8 Å². The highest BCUT2D eigenvalue weighted by Gasteiger charge is 2.32. The first-order chi connectivity index (χ1) is 27.5. The summed E-state index contributed by atoms with van der Waals surface area (Å²) >= 11 is 0. The Bertz CT molecular complexity index is 981. The largest absolute Gasteiger partial charge is 0.346 e. The summed E-state index contributed by atoms with van der Waals surface area (Å²) in [6.07, 6.45) is 18.1. The predicted molar refractivity (Wildman–Crippen MR) is 242 cm³/mol. The summed E-state index contributed by atoms with van der Waals surface area (Å²) in [4.78, 5) is 72.8. The Balaban J connectivity index is -0.000000156. The highest BCUT2D eigenvalue weighted by molar-refractivity contribution is 6.28. The van der Waals surface area contributed by atoms with Crippen molar-refractivity contribution >= 4 is 49.5 Å². The zero-order valence-electron chi connectivity index (χ0n) is 38.1. The van der Waals surface area contributed by atoms with Crippen molar-refractivity contribution in [2.75, 3.05) is 33.7 Å². The number of hydrogen-bond acceptors (Lipinski definition) is 10. The van der Waals surface area contributed by atoms with Crippen LogP contribution in [0.15, 0.2) is 30.4 Å². The van der Waals surface area contributed by atoms with Crippen LogP contribution in [0.25, 0.3) is 0 Å². The Morgan fingerprint density at radius 3 is 1.79 bits per heavy atom. The van der Waals surface area contributed by atoms with Gasteiger partial charge in [0.2, 0.25) is 24.0 Å². The van der Waals surface area contributed by atoms with Crippen LogP contribution in [-0.2, 0) is 28.8 Å². The van der Waals surface area contributed by atoms with Gasteiger partial charge in [0.15, 0.2) is 6.29 Å². The zero-order chi connectivity index (χ0) is 45.3. The van der Waals surface area contributed by atoms with E-state index in [0.29, 0.717) is 31.7 Å². The molecule has 0 radical (unpaired) electrons. The van der Waals surface area contributed by atoms with Crippen LogP contribution in [0.2, 0.25) is 0 Å². The molecule has 1 aliphatic carbocycles. The van der Waals surface area contributed by atoms with Gasteiger partial charge in [0.05, 0.1) is 18.5 Å². The lowest BCUT2D eigenvalue weighted by Crippen LogP contribution is -2.49. The maximum atomic E-state index is 12.0. The molecule has 13 heteroatoms. The fourth-order valence-electron chi connectivity index (χ4n) is 4.88. The second-order valence-corrected chi connectivity index (χ2v) is 13.0. The van der Waals surface area contributed by atoms with Gasteiger partial charge in [-0.05, 0) is 84.3 Å². The van der Waals surface area contributed by atoms with Crippen LogP contribution in [0.1, 0.15) is 146 Å². The summed E-state index contributed by atoms with van der Waals surface area (Å²) in [7, 11) is 3.86. The van der Waals surface area contributed by atoms with E-state index in [0.717, 1.165) is 76.7 Å². The molecule has 1 aliphatic heterocycles. The van der Waals surface area contributed by atoms with E-state index in [-0.39, 0.29) is 30.6 Å². The third-order valence-electron chi connectivity index (χ3n) is 7.68. The molecule has 3 atom stereocenters. The highest BCUT2D eigenvalue weighted by atomic mass is 16.2. The minimum absolute atomic E-state index is 0.151. The van der Waals surface area contributed by atoms with Crippen molar-refractivity contribution < 1.29 is 28.8 Å². The van der Waals surface area contributed by atoms with Gasteiger partial charge in [-0.25, -0.2) is 0 Å². The molecule has 0 aromatic rings. The highest BCUT2D eigenvalue weighted by Crippen LogP contribution is 2.25. The molecule has 2 aliphatic rings. The Morgan fingerprint density at radius 2 is 1.40 bits per heavy atom. The lowest BCUT2D eigenvalue weighted by Gasteiger charge is -2.22. The number of carbonyl (C=O) groups is 6. The molecule has 3 amide bonds. The molecule has 2 fully saturated rings. The van der Waals surface area contributed by atoms with Gasteiger partial charge in [0, 0.05) is 19.0 Å². The number of unbranched alkanes of at least 4 members (excludes halogenated alkanes) is 1. The van der Waals surface area contributed by atoms with Crippen LogP contribution < -0.4 is 21.3 Å².